The number of anilines is 1. The maximum atomic E-state index is 13.7. The molecule has 1 aromatic carbocycles. The number of aromatic nitrogens is 2. The fourth-order valence-electron chi connectivity index (χ4n) is 6.37. The van der Waals surface area contributed by atoms with Gasteiger partial charge >= 0.3 is 6.03 Å². The molecule has 3 fully saturated rings. The molecular weight excluding hydrogens is 466 g/mol. The lowest BCUT2D eigenvalue weighted by Gasteiger charge is -2.51. The number of carbonyl (C=O) groups excluding carboxylic acids is 2. The van der Waals surface area contributed by atoms with Gasteiger partial charge in [-0.1, -0.05) is 36.8 Å². The Morgan fingerprint density at radius 3 is 2.54 bits per heavy atom. The molecule has 9 nitrogen and oxygen atoms in total. The van der Waals surface area contributed by atoms with Crippen molar-refractivity contribution in [2.75, 3.05) is 39.0 Å². The van der Waals surface area contributed by atoms with E-state index < -0.39 is 0 Å². The summed E-state index contributed by atoms with van der Waals surface area (Å²) in [5.41, 5.74) is 1.18. The largest absolute Gasteiger partial charge is 0.321 e. The number of carbonyl (C=O) groups is 2. The van der Waals surface area contributed by atoms with Gasteiger partial charge in [0.05, 0.1) is 11.7 Å². The Morgan fingerprint density at radius 2 is 1.92 bits per heavy atom. The predicted octanol–water partition coefficient (Wildman–Crippen LogP) is 3.59. The third-order valence-corrected chi connectivity index (χ3v) is 8.82. The minimum Gasteiger partial charge on any atom is -0.317 e. The molecule has 3 aliphatic rings. The van der Waals surface area contributed by atoms with Gasteiger partial charge in [-0.3, -0.25) is 9.69 Å². The molecule has 0 unspecified atom stereocenters. The van der Waals surface area contributed by atoms with E-state index >= 15 is 0 Å². The quantitative estimate of drug-likeness (QED) is 0.622. The number of hydrogen-bond donors (Lipinski definition) is 1. The maximum Gasteiger partial charge on any atom is 0.321 e. The van der Waals surface area contributed by atoms with Crippen LogP contribution in [0.5, 0.6) is 0 Å². The van der Waals surface area contributed by atoms with Crippen LogP contribution in [0, 0.1) is 17.2 Å². The Kier molecular flexibility index (Phi) is 6.86. The normalized spacial score (nSPS) is 25.8. The molecule has 5 rings (SSSR count). The molecule has 2 heterocycles. The van der Waals surface area contributed by atoms with E-state index in [1.165, 1.54) is 24.5 Å². The summed E-state index contributed by atoms with van der Waals surface area (Å²) in [6, 6.07) is 12.6. The second-order valence-corrected chi connectivity index (χ2v) is 11.0. The van der Waals surface area contributed by atoms with Gasteiger partial charge < -0.3 is 15.1 Å². The lowest BCUT2D eigenvalue weighted by molar-refractivity contribution is -0.116. The van der Waals surface area contributed by atoms with Crippen molar-refractivity contribution < 1.29 is 9.59 Å². The van der Waals surface area contributed by atoms with Gasteiger partial charge in [-0.05, 0) is 64.1 Å². The third-order valence-electron chi connectivity index (χ3n) is 8.82. The molecule has 1 spiro atoms. The number of urea groups is 1. The van der Waals surface area contributed by atoms with E-state index in [1.807, 2.05) is 6.07 Å². The molecular formula is C28H35N7O2. The predicted molar refractivity (Wildman–Crippen MR) is 139 cm³/mol. The second kappa shape index (κ2) is 10.1. The third kappa shape index (κ3) is 4.66. The molecule has 37 heavy (non-hydrogen) atoms. The number of benzene rings is 1. The molecule has 194 valence electrons. The Bertz CT molecular complexity index is 1180. The number of nitrogens with zero attached hydrogens (tertiary/aromatic N) is 6. The summed E-state index contributed by atoms with van der Waals surface area (Å²) in [6.07, 6.45) is 9.89. The number of hydrogen-bond acceptors (Lipinski definition) is 6. The highest BCUT2D eigenvalue weighted by Crippen LogP contribution is 2.49. The number of nitriles is 1. The van der Waals surface area contributed by atoms with Gasteiger partial charge in [0.15, 0.2) is 5.82 Å². The first-order valence-electron chi connectivity index (χ1n) is 13.2. The Hall–Kier alpha value is -3.51. The van der Waals surface area contributed by atoms with Gasteiger partial charge in [0.25, 0.3) is 0 Å². The van der Waals surface area contributed by atoms with Crippen molar-refractivity contribution in [3.05, 3.63) is 54.0 Å². The highest BCUT2D eigenvalue weighted by molar-refractivity contribution is 5.95. The highest BCUT2D eigenvalue weighted by Gasteiger charge is 2.55. The maximum absolute atomic E-state index is 13.7. The van der Waals surface area contributed by atoms with Crippen LogP contribution in [0.15, 0.2) is 42.9 Å². The van der Waals surface area contributed by atoms with Crippen molar-refractivity contribution >= 4 is 17.8 Å². The van der Waals surface area contributed by atoms with Crippen LogP contribution >= 0.6 is 0 Å². The molecule has 2 saturated carbocycles. The van der Waals surface area contributed by atoms with Gasteiger partial charge in [-0.15, -0.1) is 0 Å². The topological polar surface area (TPSA) is 105 Å². The lowest BCUT2D eigenvalue weighted by Crippen LogP contribution is -2.56. The number of nitrogens with one attached hydrogen (secondary N) is 1. The van der Waals surface area contributed by atoms with Crippen molar-refractivity contribution in [1.82, 2.24) is 24.7 Å². The van der Waals surface area contributed by atoms with Crippen LogP contribution in [0.4, 0.5) is 10.6 Å². The van der Waals surface area contributed by atoms with Crippen LogP contribution in [0.2, 0.25) is 0 Å². The average Bonchev–Trinajstić information content (AvgIpc) is 3.12. The highest BCUT2D eigenvalue weighted by atomic mass is 16.2. The van der Waals surface area contributed by atoms with Crippen LogP contribution in [0.1, 0.15) is 56.1 Å². The lowest BCUT2D eigenvalue weighted by atomic mass is 9.68. The summed E-state index contributed by atoms with van der Waals surface area (Å²) in [4.78, 5) is 40.6. The molecule has 0 bridgehead atoms. The molecule has 2 aromatic rings. The Balaban J connectivity index is 1.35. The summed E-state index contributed by atoms with van der Waals surface area (Å²) in [5, 5.41) is 12.0. The smallest absolute Gasteiger partial charge is 0.317 e. The molecule has 1 aromatic heterocycles. The summed E-state index contributed by atoms with van der Waals surface area (Å²) in [5.74, 6) is 0.363. The second-order valence-electron chi connectivity index (χ2n) is 11.0. The molecule has 0 atom stereocenters. The van der Waals surface area contributed by atoms with Crippen molar-refractivity contribution in [3.8, 4) is 6.07 Å². The molecule has 1 aliphatic heterocycles. The van der Waals surface area contributed by atoms with Gasteiger partial charge in [0.2, 0.25) is 5.91 Å². The zero-order chi connectivity index (χ0) is 26.0. The van der Waals surface area contributed by atoms with Crippen LogP contribution < -0.4 is 5.32 Å². The molecule has 0 radical (unpaired) electrons. The Labute approximate surface area is 218 Å². The van der Waals surface area contributed by atoms with E-state index in [-0.39, 0.29) is 40.9 Å². The average molecular weight is 502 g/mol. The number of amides is 3. The van der Waals surface area contributed by atoms with E-state index in [0.29, 0.717) is 12.5 Å². The molecule has 1 saturated heterocycles. The molecule has 1 N–H and O–H groups in total. The monoisotopic (exact) mass is 501 g/mol. The molecule has 2 aliphatic carbocycles. The standard InChI is InChI=1S/C28H35N7O2/c1-33(2)28(23-9-4-3-5-10-23)13-11-27(12-14-28)19-34(26(37)35(27)17-21-7-6-8-21)18-24(36)32-25-22(15-29)16-30-20-31-25/h3-5,9-10,16,20-21H,6-8,11-14,17-19H2,1-2H3,(H,30,31,32,36). The van der Waals surface area contributed by atoms with E-state index in [4.69, 9.17) is 0 Å². The van der Waals surface area contributed by atoms with Crippen molar-refractivity contribution in [1.29, 1.82) is 5.26 Å². The fourth-order valence-corrected chi connectivity index (χ4v) is 6.37. The van der Waals surface area contributed by atoms with Gasteiger partial charge in [-0.25, -0.2) is 14.8 Å². The summed E-state index contributed by atoms with van der Waals surface area (Å²) in [7, 11) is 4.30. The SMILES string of the molecule is CN(C)C1(c2ccccc2)CCC2(CC1)CN(CC(=O)Nc1ncncc1C#N)C(=O)N2CC1CCC1. The van der Waals surface area contributed by atoms with E-state index in [0.717, 1.165) is 45.1 Å². The number of rotatable bonds is 7. The zero-order valence-corrected chi connectivity index (χ0v) is 21.7. The first-order valence-corrected chi connectivity index (χ1v) is 13.2. The van der Waals surface area contributed by atoms with E-state index in [9.17, 15) is 14.9 Å². The van der Waals surface area contributed by atoms with Gasteiger partial charge in [0, 0.05) is 18.6 Å². The first-order chi connectivity index (χ1) is 17.9. The first kappa shape index (κ1) is 25.2. The van der Waals surface area contributed by atoms with Crippen LogP contribution in [0.25, 0.3) is 0 Å². The van der Waals surface area contributed by atoms with Crippen molar-refractivity contribution in [3.63, 3.8) is 0 Å². The molecule has 3 amide bonds. The minimum absolute atomic E-state index is 0.0534. The van der Waals surface area contributed by atoms with Gasteiger partial charge in [-0.2, -0.15) is 5.26 Å². The summed E-state index contributed by atoms with van der Waals surface area (Å²) >= 11 is 0. The Morgan fingerprint density at radius 1 is 1.19 bits per heavy atom. The summed E-state index contributed by atoms with van der Waals surface area (Å²) < 4.78 is 0. The minimum atomic E-state index is -0.355. The van der Waals surface area contributed by atoms with Crippen LogP contribution in [0.3, 0.4) is 0 Å². The van der Waals surface area contributed by atoms with Crippen molar-refractivity contribution in [2.45, 2.75) is 56.0 Å². The van der Waals surface area contributed by atoms with E-state index in [2.05, 4.69) is 69.5 Å². The fraction of sp³-hybridized carbons (Fsp3) is 0.536. The molecule has 9 heteroatoms. The van der Waals surface area contributed by atoms with Crippen LogP contribution in [-0.4, -0.2) is 75.9 Å². The van der Waals surface area contributed by atoms with E-state index in [1.54, 1.807) is 4.90 Å². The van der Waals surface area contributed by atoms with Gasteiger partial charge in [0.1, 0.15) is 24.5 Å². The zero-order valence-electron chi connectivity index (χ0n) is 21.7. The van der Waals surface area contributed by atoms with Crippen LogP contribution in [-0.2, 0) is 10.3 Å². The van der Waals surface area contributed by atoms with Crippen molar-refractivity contribution in [2.24, 2.45) is 5.92 Å². The summed E-state index contributed by atoms with van der Waals surface area (Å²) in [6.45, 7) is 1.25.